The zero-order chi connectivity index (χ0) is 18.1. The largest absolute Gasteiger partial charge is 0.362 e. The highest BCUT2D eigenvalue weighted by Gasteiger charge is 2.35. The number of piperidine rings is 1. The van der Waals surface area contributed by atoms with Crippen molar-refractivity contribution >= 4 is 29.3 Å². The summed E-state index contributed by atoms with van der Waals surface area (Å²) in [5.74, 6) is 2.01. The van der Waals surface area contributed by atoms with Gasteiger partial charge in [0.25, 0.3) is 5.91 Å². The fourth-order valence-corrected chi connectivity index (χ4v) is 3.71. The summed E-state index contributed by atoms with van der Waals surface area (Å²) in [6.45, 7) is 4.91. The Morgan fingerprint density at radius 2 is 1.85 bits per heavy atom. The molecule has 0 bridgehead atoms. The highest BCUT2D eigenvalue weighted by Crippen LogP contribution is 2.23. The van der Waals surface area contributed by atoms with Crippen LogP contribution in [0.2, 0.25) is 5.02 Å². The highest BCUT2D eigenvalue weighted by atomic mass is 35.5. The quantitative estimate of drug-likeness (QED) is 0.763. The smallest absolute Gasteiger partial charge is 0.259 e. The predicted octanol–water partition coefficient (Wildman–Crippen LogP) is 0.884. The van der Waals surface area contributed by atoms with Crippen LogP contribution in [0.25, 0.3) is 0 Å². The first-order valence-electron chi connectivity index (χ1n) is 8.96. The van der Waals surface area contributed by atoms with Crippen molar-refractivity contribution in [2.24, 2.45) is 15.9 Å². The Labute approximate surface area is 157 Å². The van der Waals surface area contributed by atoms with Crippen LogP contribution in [0.5, 0.6) is 0 Å². The molecule has 8 nitrogen and oxygen atoms in total. The van der Waals surface area contributed by atoms with Gasteiger partial charge in [0, 0.05) is 52.2 Å². The third-order valence-corrected chi connectivity index (χ3v) is 5.30. The summed E-state index contributed by atoms with van der Waals surface area (Å²) in [7, 11) is 2.01. The summed E-state index contributed by atoms with van der Waals surface area (Å²) in [4.78, 5) is 36.4. The SMILES string of the molecule is CN1CCCC2C(=O)N=C(N3CCN(Cc4ncc(Cl)cn4)CC3)N=C21. The molecule has 3 aliphatic heterocycles. The Hall–Kier alpha value is -2.06. The fourth-order valence-electron chi connectivity index (χ4n) is 3.61. The molecule has 0 aliphatic carbocycles. The van der Waals surface area contributed by atoms with Gasteiger partial charge >= 0.3 is 0 Å². The number of halogens is 1. The molecule has 138 valence electrons. The maximum absolute atomic E-state index is 12.4. The van der Waals surface area contributed by atoms with E-state index in [4.69, 9.17) is 16.6 Å². The van der Waals surface area contributed by atoms with Crippen molar-refractivity contribution in [3.63, 3.8) is 0 Å². The summed E-state index contributed by atoms with van der Waals surface area (Å²) in [5, 5.41) is 0.545. The number of fused-ring (bicyclic) bond motifs is 1. The van der Waals surface area contributed by atoms with Crippen LogP contribution < -0.4 is 0 Å². The van der Waals surface area contributed by atoms with Gasteiger partial charge in [0.1, 0.15) is 11.7 Å². The number of amidine groups is 1. The second-order valence-electron chi connectivity index (χ2n) is 6.92. The van der Waals surface area contributed by atoms with Crippen molar-refractivity contribution in [3.8, 4) is 0 Å². The number of piperazine rings is 1. The van der Waals surface area contributed by atoms with E-state index in [1.54, 1.807) is 12.4 Å². The Kier molecular flexibility index (Phi) is 4.86. The summed E-state index contributed by atoms with van der Waals surface area (Å²) in [6, 6.07) is 0. The van der Waals surface area contributed by atoms with Gasteiger partial charge in [-0.25, -0.2) is 9.97 Å². The Morgan fingerprint density at radius 1 is 1.12 bits per heavy atom. The van der Waals surface area contributed by atoms with E-state index in [1.165, 1.54) is 0 Å². The van der Waals surface area contributed by atoms with E-state index in [2.05, 4.69) is 29.7 Å². The summed E-state index contributed by atoms with van der Waals surface area (Å²) in [6.07, 6.45) is 5.11. The maximum Gasteiger partial charge on any atom is 0.259 e. The first-order chi connectivity index (χ1) is 12.6. The molecule has 1 unspecified atom stereocenters. The Morgan fingerprint density at radius 3 is 2.58 bits per heavy atom. The van der Waals surface area contributed by atoms with Crippen LogP contribution in [0.1, 0.15) is 18.7 Å². The Balaban J connectivity index is 1.38. The minimum absolute atomic E-state index is 0.0476. The van der Waals surface area contributed by atoms with Gasteiger partial charge in [-0.1, -0.05) is 11.6 Å². The van der Waals surface area contributed by atoms with Crippen LogP contribution in [-0.2, 0) is 11.3 Å². The molecule has 2 fully saturated rings. The number of aromatic nitrogens is 2. The summed E-state index contributed by atoms with van der Waals surface area (Å²) < 4.78 is 0. The molecular formula is C17H22ClN7O. The lowest BCUT2D eigenvalue weighted by Crippen LogP contribution is -2.51. The minimum atomic E-state index is -0.152. The molecule has 0 radical (unpaired) electrons. The lowest BCUT2D eigenvalue weighted by molar-refractivity contribution is -0.120. The van der Waals surface area contributed by atoms with Crippen molar-refractivity contribution in [3.05, 3.63) is 23.2 Å². The zero-order valence-corrected chi connectivity index (χ0v) is 15.6. The number of amides is 1. The van der Waals surface area contributed by atoms with Crippen molar-refractivity contribution in [1.82, 2.24) is 24.7 Å². The number of likely N-dealkylation sites (tertiary alicyclic amines) is 1. The van der Waals surface area contributed by atoms with E-state index in [0.29, 0.717) is 17.5 Å². The molecule has 9 heteroatoms. The lowest BCUT2D eigenvalue weighted by Gasteiger charge is -2.38. The van der Waals surface area contributed by atoms with E-state index in [0.717, 1.165) is 57.2 Å². The molecular weight excluding hydrogens is 354 g/mol. The molecule has 1 atom stereocenters. The molecule has 0 N–H and O–H groups in total. The van der Waals surface area contributed by atoms with Gasteiger partial charge < -0.3 is 9.80 Å². The first kappa shape index (κ1) is 17.4. The molecule has 2 saturated heterocycles. The van der Waals surface area contributed by atoms with Gasteiger partial charge in [-0.05, 0) is 12.8 Å². The second-order valence-corrected chi connectivity index (χ2v) is 7.35. The third kappa shape index (κ3) is 3.57. The fraction of sp³-hybridized carbons (Fsp3) is 0.588. The molecule has 0 aromatic carbocycles. The minimum Gasteiger partial charge on any atom is -0.362 e. The summed E-state index contributed by atoms with van der Waals surface area (Å²) >= 11 is 5.83. The van der Waals surface area contributed by atoms with E-state index >= 15 is 0 Å². The van der Waals surface area contributed by atoms with Gasteiger partial charge in [-0.3, -0.25) is 9.69 Å². The number of hydrogen-bond donors (Lipinski definition) is 0. The lowest BCUT2D eigenvalue weighted by atomic mass is 9.95. The van der Waals surface area contributed by atoms with E-state index in [1.807, 2.05) is 7.05 Å². The normalized spacial score (nSPS) is 24.2. The van der Waals surface area contributed by atoms with Crippen LogP contribution in [0.15, 0.2) is 22.4 Å². The standard InChI is InChI=1S/C17H22ClN7O/c1-23-4-2-3-13-15(23)21-17(22-16(13)26)25-7-5-24(6-8-25)11-14-19-9-12(18)10-20-14/h9-10,13H,2-8,11H2,1H3. The maximum atomic E-state index is 12.4. The zero-order valence-electron chi connectivity index (χ0n) is 14.8. The highest BCUT2D eigenvalue weighted by molar-refractivity contribution is 6.30. The molecule has 4 heterocycles. The topological polar surface area (TPSA) is 77.3 Å². The van der Waals surface area contributed by atoms with Crippen LogP contribution in [0, 0.1) is 5.92 Å². The number of rotatable bonds is 2. The molecule has 3 aliphatic rings. The van der Waals surface area contributed by atoms with Gasteiger partial charge in [0.15, 0.2) is 0 Å². The number of aliphatic imine (C=N–C) groups is 2. The van der Waals surface area contributed by atoms with Gasteiger partial charge in [-0.15, -0.1) is 0 Å². The number of carbonyl (C=O) groups excluding carboxylic acids is 1. The van der Waals surface area contributed by atoms with Crippen molar-refractivity contribution in [2.45, 2.75) is 19.4 Å². The van der Waals surface area contributed by atoms with Crippen molar-refractivity contribution < 1.29 is 4.79 Å². The molecule has 26 heavy (non-hydrogen) atoms. The summed E-state index contributed by atoms with van der Waals surface area (Å²) in [5.41, 5.74) is 0. The third-order valence-electron chi connectivity index (χ3n) is 5.11. The van der Waals surface area contributed by atoms with E-state index in [-0.39, 0.29) is 11.8 Å². The molecule has 4 rings (SSSR count). The van der Waals surface area contributed by atoms with E-state index in [9.17, 15) is 4.79 Å². The molecule has 0 saturated carbocycles. The number of hydrogen-bond acceptors (Lipinski definition) is 7. The predicted molar refractivity (Wildman–Crippen MR) is 99.1 cm³/mol. The van der Waals surface area contributed by atoms with Gasteiger partial charge in [0.2, 0.25) is 5.96 Å². The Bertz CT molecular complexity index is 740. The van der Waals surface area contributed by atoms with E-state index < -0.39 is 0 Å². The molecule has 1 amide bonds. The average Bonchev–Trinajstić information content (AvgIpc) is 2.65. The van der Waals surface area contributed by atoms with Gasteiger partial charge in [0.05, 0.1) is 17.5 Å². The molecule has 0 spiro atoms. The van der Waals surface area contributed by atoms with Gasteiger partial charge in [-0.2, -0.15) is 9.98 Å². The van der Waals surface area contributed by atoms with Crippen molar-refractivity contribution in [1.29, 1.82) is 0 Å². The first-order valence-corrected chi connectivity index (χ1v) is 9.34. The van der Waals surface area contributed by atoms with Crippen LogP contribution in [0.4, 0.5) is 0 Å². The average molecular weight is 376 g/mol. The number of nitrogens with zero attached hydrogens (tertiary/aromatic N) is 7. The monoisotopic (exact) mass is 375 g/mol. The molecule has 1 aromatic heterocycles. The number of guanidine groups is 1. The van der Waals surface area contributed by atoms with Crippen LogP contribution in [0.3, 0.4) is 0 Å². The molecule has 1 aromatic rings. The number of carbonyl (C=O) groups is 1. The van der Waals surface area contributed by atoms with Crippen molar-refractivity contribution in [2.75, 3.05) is 39.8 Å². The second kappa shape index (κ2) is 7.28. The van der Waals surface area contributed by atoms with Crippen LogP contribution in [-0.4, -0.2) is 82.1 Å². The van der Waals surface area contributed by atoms with Crippen LogP contribution >= 0.6 is 11.6 Å².